The third-order valence-electron chi connectivity index (χ3n) is 3.70. The molecule has 1 N–H and O–H groups in total. The second kappa shape index (κ2) is 7.41. The number of aryl methyl sites for hydroxylation is 2. The molecular formula is C19H16N4O2. The van der Waals surface area contributed by atoms with Crippen LogP contribution in [0.25, 0.3) is 11.4 Å². The molecule has 0 unspecified atom stereocenters. The first kappa shape index (κ1) is 16.4. The summed E-state index contributed by atoms with van der Waals surface area (Å²) in [7, 11) is 0. The van der Waals surface area contributed by atoms with Crippen LogP contribution in [-0.4, -0.2) is 16.0 Å². The lowest BCUT2D eigenvalue weighted by Gasteiger charge is -2.04. The number of hydrogen-bond acceptors (Lipinski definition) is 5. The number of hydrogen-bond donors (Lipinski definition) is 1. The van der Waals surface area contributed by atoms with Gasteiger partial charge in [-0.25, -0.2) is 0 Å². The van der Waals surface area contributed by atoms with Crippen LogP contribution in [0, 0.1) is 18.3 Å². The minimum absolute atomic E-state index is 0.175. The molecule has 25 heavy (non-hydrogen) atoms. The van der Waals surface area contributed by atoms with E-state index < -0.39 is 0 Å². The van der Waals surface area contributed by atoms with Gasteiger partial charge in [-0.05, 0) is 30.7 Å². The Morgan fingerprint density at radius 1 is 1.24 bits per heavy atom. The topological polar surface area (TPSA) is 91.8 Å². The van der Waals surface area contributed by atoms with Crippen molar-refractivity contribution in [1.82, 2.24) is 10.1 Å². The molecule has 0 radical (unpaired) electrons. The Morgan fingerprint density at radius 3 is 2.88 bits per heavy atom. The number of anilines is 1. The molecule has 0 spiro atoms. The molecule has 0 fully saturated rings. The highest BCUT2D eigenvalue weighted by Crippen LogP contribution is 2.20. The molecule has 0 aliphatic rings. The number of amides is 1. The largest absolute Gasteiger partial charge is 0.339 e. The van der Waals surface area contributed by atoms with Crippen molar-refractivity contribution in [1.29, 1.82) is 5.26 Å². The summed E-state index contributed by atoms with van der Waals surface area (Å²) in [6.45, 7) is 1.98. The molecule has 0 saturated carbocycles. The first-order chi connectivity index (χ1) is 12.2. The molecule has 3 aromatic rings. The van der Waals surface area contributed by atoms with E-state index in [1.165, 1.54) is 0 Å². The normalized spacial score (nSPS) is 10.2. The van der Waals surface area contributed by atoms with Gasteiger partial charge in [0, 0.05) is 24.1 Å². The van der Waals surface area contributed by atoms with Gasteiger partial charge in [-0.1, -0.05) is 35.5 Å². The Labute approximate surface area is 145 Å². The smallest absolute Gasteiger partial charge is 0.227 e. The van der Waals surface area contributed by atoms with Crippen LogP contribution in [0.4, 0.5) is 5.69 Å². The van der Waals surface area contributed by atoms with E-state index in [0.29, 0.717) is 29.4 Å². The van der Waals surface area contributed by atoms with Crippen molar-refractivity contribution in [3.63, 3.8) is 0 Å². The Balaban J connectivity index is 1.60. The van der Waals surface area contributed by atoms with E-state index in [4.69, 9.17) is 9.78 Å². The minimum Gasteiger partial charge on any atom is -0.339 e. The van der Waals surface area contributed by atoms with Crippen molar-refractivity contribution in [2.24, 2.45) is 0 Å². The molecule has 0 aliphatic carbocycles. The molecule has 6 nitrogen and oxygen atoms in total. The number of nitrogens with zero attached hydrogens (tertiary/aromatic N) is 3. The minimum atomic E-state index is -0.175. The van der Waals surface area contributed by atoms with Crippen molar-refractivity contribution in [3.8, 4) is 17.5 Å². The number of benzene rings is 2. The number of aromatic nitrogens is 2. The van der Waals surface area contributed by atoms with Crippen molar-refractivity contribution >= 4 is 11.6 Å². The molecule has 0 saturated heterocycles. The zero-order valence-corrected chi connectivity index (χ0v) is 13.7. The summed E-state index contributed by atoms with van der Waals surface area (Å²) in [5.41, 5.74) is 3.06. The maximum absolute atomic E-state index is 12.0. The third kappa shape index (κ3) is 4.09. The first-order valence-electron chi connectivity index (χ1n) is 7.84. The predicted octanol–water partition coefficient (Wildman–Crippen LogP) is 3.49. The molecule has 1 aromatic heterocycles. The Hall–Kier alpha value is -3.46. The van der Waals surface area contributed by atoms with Crippen LogP contribution in [0.2, 0.25) is 0 Å². The van der Waals surface area contributed by atoms with E-state index in [-0.39, 0.29) is 12.3 Å². The second-order valence-corrected chi connectivity index (χ2v) is 5.57. The second-order valence-electron chi connectivity index (χ2n) is 5.57. The zero-order valence-electron chi connectivity index (χ0n) is 13.7. The maximum atomic E-state index is 12.0. The Morgan fingerprint density at radius 2 is 2.08 bits per heavy atom. The summed E-state index contributed by atoms with van der Waals surface area (Å²) in [6.07, 6.45) is 0.564. The molecule has 0 atom stereocenters. The van der Waals surface area contributed by atoms with Crippen LogP contribution in [-0.2, 0) is 11.2 Å². The number of nitrogens with one attached hydrogen (secondary N) is 1. The van der Waals surface area contributed by atoms with E-state index >= 15 is 0 Å². The molecule has 6 heteroatoms. The number of carbonyl (C=O) groups is 1. The lowest BCUT2D eigenvalue weighted by atomic mass is 10.1. The van der Waals surface area contributed by atoms with Gasteiger partial charge >= 0.3 is 0 Å². The van der Waals surface area contributed by atoms with Gasteiger partial charge in [-0.2, -0.15) is 10.2 Å². The molecule has 124 valence electrons. The summed E-state index contributed by atoms with van der Waals surface area (Å²) in [4.78, 5) is 16.4. The monoisotopic (exact) mass is 332 g/mol. The van der Waals surface area contributed by atoms with E-state index in [1.54, 1.807) is 24.3 Å². The molecule has 1 amide bonds. The summed E-state index contributed by atoms with van der Waals surface area (Å²) < 4.78 is 5.23. The Bertz CT molecular complexity index is 940. The maximum Gasteiger partial charge on any atom is 0.227 e. The standard InChI is InChI=1S/C19H16N4O2/c1-13-5-2-3-8-16(13)19-22-18(25-23-19)10-9-17(24)21-15-7-4-6-14(11-15)12-20/h2-8,11H,9-10H2,1H3,(H,21,24). The summed E-state index contributed by atoms with van der Waals surface area (Å²) >= 11 is 0. The van der Waals surface area contributed by atoms with Gasteiger partial charge in [0.05, 0.1) is 11.6 Å². The Kier molecular flexibility index (Phi) is 4.86. The first-order valence-corrected chi connectivity index (χ1v) is 7.84. The highest BCUT2D eigenvalue weighted by atomic mass is 16.5. The summed E-state index contributed by atoms with van der Waals surface area (Å²) in [6, 6.07) is 16.6. The van der Waals surface area contributed by atoms with E-state index in [0.717, 1.165) is 11.1 Å². The molecule has 0 bridgehead atoms. The average Bonchev–Trinajstić information content (AvgIpc) is 3.09. The van der Waals surface area contributed by atoms with Crippen LogP contribution in [0.15, 0.2) is 53.1 Å². The zero-order chi connectivity index (χ0) is 17.6. The van der Waals surface area contributed by atoms with Gasteiger partial charge in [0.15, 0.2) is 0 Å². The SMILES string of the molecule is Cc1ccccc1-c1noc(CCC(=O)Nc2cccc(C#N)c2)n1. The molecule has 1 heterocycles. The molecular weight excluding hydrogens is 316 g/mol. The third-order valence-corrected chi connectivity index (χ3v) is 3.70. The number of rotatable bonds is 5. The average molecular weight is 332 g/mol. The van der Waals surface area contributed by atoms with E-state index in [9.17, 15) is 4.79 Å². The quantitative estimate of drug-likeness (QED) is 0.772. The van der Waals surface area contributed by atoms with Crippen LogP contribution < -0.4 is 5.32 Å². The highest BCUT2D eigenvalue weighted by molar-refractivity contribution is 5.90. The van der Waals surface area contributed by atoms with Crippen LogP contribution >= 0.6 is 0 Å². The molecule has 0 aliphatic heterocycles. The van der Waals surface area contributed by atoms with E-state index in [1.807, 2.05) is 37.3 Å². The lowest BCUT2D eigenvalue weighted by molar-refractivity contribution is -0.116. The van der Waals surface area contributed by atoms with Crippen molar-refractivity contribution in [2.45, 2.75) is 19.8 Å². The van der Waals surface area contributed by atoms with Gasteiger partial charge in [-0.3, -0.25) is 4.79 Å². The van der Waals surface area contributed by atoms with Gasteiger partial charge in [0.1, 0.15) is 0 Å². The van der Waals surface area contributed by atoms with E-state index in [2.05, 4.69) is 15.5 Å². The van der Waals surface area contributed by atoms with Crippen molar-refractivity contribution in [3.05, 3.63) is 65.5 Å². The van der Waals surface area contributed by atoms with Gasteiger partial charge in [0.25, 0.3) is 0 Å². The fraction of sp³-hybridized carbons (Fsp3) is 0.158. The van der Waals surface area contributed by atoms with Gasteiger partial charge in [0.2, 0.25) is 17.6 Å². The summed E-state index contributed by atoms with van der Waals surface area (Å²) in [5, 5.41) is 15.6. The van der Waals surface area contributed by atoms with Gasteiger partial charge in [-0.15, -0.1) is 0 Å². The van der Waals surface area contributed by atoms with Gasteiger partial charge < -0.3 is 9.84 Å². The van der Waals surface area contributed by atoms with Crippen molar-refractivity contribution < 1.29 is 9.32 Å². The fourth-order valence-electron chi connectivity index (χ4n) is 2.40. The van der Waals surface area contributed by atoms with Crippen molar-refractivity contribution in [2.75, 3.05) is 5.32 Å². The van der Waals surface area contributed by atoms with Crippen LogP contribution in [0.1, 0.15) is 23.4 Å². The highest BCUT2D eigenvalue weighted by Gasteiger charge is 2.12. The summed E-state index contributed by atoms with van der Waals surface area (Å²) in [5.74, 6) is 0.764. The number of nitriles is 1. The number of carbonyl (C=O) groups excluding carboxylic acids is 1. The van der Waals surface area contributed by atoms with Crippen LogP contribution in [0.3, 0.4) is 0 Å². The molecule has 2 aromatic carbocycles. The predicted molar refractivity (Wildman–Crippen MR) is 92.6 cm³/mol. The lowest BCUT2D eigenvalue weighted by Crippen LogP contribution is -2.12. The fourth-order valence-corrected chi connectivity index (χ4v) is 2.40. The molecule has 3 rings (SSSR count). The van der Waals surface area contributed by atoms with Crippen LogP contribution in [0.5, 0.6) is 0 Å².